The molecule has 3 N–H and O–H groups in total. The van der Waals surface area contributed by atoms with Crippen molar-refractivity contribution in [2.75, 3.05) is 5.75 Å². The molecule has 0 atom stereocenters. The number of amides is 1. The fourth-order valence-electron chi connectivity index (χ4n) is 0.360. The van der Waals surface area contributed by atoms with E-state index < -0.39 is 0 Å². The van der Waals surface area contributed by atoms with Crippen molar-refractivity contribution in [1.29, 1.82) is 0 Å². The number of thioether (sulfide) groups is 1. The Morgan fingerprint density at radius 2 is 2.20 bits per heavy atom. The average molecular weight is 162 g/mol. The minimum atomic E-state index is -0.242. The summed E-state index contributed by atoms with van der Waals surface area (Å²) in [5, 5.41) is 0.0184. The van der Waals surface area contributed by atoms with Crippen LogP contribution in [0.2, 0.25) is 0 Å². The van der Waals surface area contributed by atoms with Gasteiger partial charge in [-0.15, -0.1) is 0 Å². The van der Waals surface area contributed by atoms with Crippen LogP contribution in [0.25, 0.3) is 0 Å². The van der Waals surface area contributed by atoms with Gasteiger partial charge in [0, 0.05) is 19.1 Å². The van der Waals surface area contributed by atoms with Crippen LogP contribution in [0.1, 0.15) is 13.3 Å². The number of rotatable bonds is 3. The highest BCUT2D eigenvalue weighted by atomic mass is 32.2. The number of nitrogens with one attached hydrogen (secondary N) is 1. The lowest BCUT2D eigenvalue weighted by atomic mass is 10.5. The minimum absolute atomic E-state index is 0.0184. The Bertz CT molecular complexity index is 138. The summed E-state index contributed by atoms with van der Waals surface area (Å²) >= 11 is 1.12. The van der Waals surface area contributed by atoms with Gasteiger partial charge in [-0.05, 0) is 0 Å². The second kappa shape index (κ2) is 5.25. The number of hydrogen-bond donors (Lipinski definition) is 2. The molecule has 0 saturated carbocycles. The first kappa shape index (κ1) is 9.45. The van der Waals surface area contributed by atoms with Gasteiger partial charge in [0.2, 0.25) is 5.91 Å². The maximum atomic E-state index is 10.4. The van der Waals surface area contributed by atoms with Gasteiger partial charge in [0.05, 0.1) is 0 Å². The summed E-state index contributed by atoms with van der Waals surface area (Å²) in [5.41, 5.74) is 1.98. The van der Waals surface area contributed by atoms with Crippen LogP contribution in [-0.4, -0.2) is 16.8 Å². The van der Waals surface area contributed by atoms with Gasteiger partial charge in [-0.3, -0.25) is 15.0 Å². The minimum Gasteiger partial charge on any atom is -0.294 e. The summed E-state index contributed by atoms with van der Waals surface area (Å²) in [5.74, 6) is 5.05. The van der Waals surface area contributed by atoms with E-state index in [0.29, 0.717) is 12.2 Å². The van der Waals surface area contributed by atoms with Crippen LogP contribution in [0.4, 0.5) is 0 Å². The first-order chi connectivity index (χ1) is 4.66. The SMILES string of the molecule is CC(=O)SCCC(=O)NN. The molecule has 0 aliphatic heterocycles. The van der Waals surface area contributed by atoms with Gasteiger partial charge in [0.25, 0.3) is 0 Å². The third-order valence-corrected chi connectivity index (χ3v) is 1.61. The third kappa shape index (κ3) is 5.58. The summed E-state index contributed by atoms with van der Waals surface area (Å²) < 4.78 is 0. The molecular weight excluding hydrogens is 152 g/mol. The number of hydrogen-bond acceptors (Lipinski definition) is 4. The zero-order chi connectivity index (χ0) is 7.98. The van der Waals surface area contributed by atoms with E-state index >= 15 is 0 Å². The smallest absolute Gasteiger partial charge is 0.234 e. The van der Waals surface area contributed by atoms with E-state index in [1.165, 1.54) is 6.92 Å². The van der Waals surface area contributed by atoms with Crippen molar-refractivity contribution in [1.82, 2.24) is 5.43 Å². The maximum Gasteiger partial charge on any atom is 0.234 e. The Morgan fingerprint density at radius 3 is 2.60 bits per heavy atom. The standard InChI is InChI=1S/C5H10N2O2S/c1-4(8)10-3-2-5(9)7-6/h2-3,6H2,1H3,(H,7,9). The molecule has 0 aromatic heterocycles. The van der Waals surface area contributed by atoms with E-state index in [1.807, 2.05) is 5.43 Å². The predicted octanol–water partition coefficient (Wildman–Crippen LogP) is -0.354. The van der Waals surface area contributed by atoms with Crippen LogP contribution >= 0.6 is 11.8 Å². The Hall–Kier alpha value is -0.550. The Labute approximate surface area is 63.5 Å². The molecule has 10 heavy (non-hydrogen) atoms. The van der Waals surface area contributed by atoms with Crippen LogP contribution < -0.4 is 11.3 Å². The largest absolute Gasteiger partial charge is 0.294 e. The van der Waals surface area contributed by atoms with Crippen LogP contribution in [0, 0.1) is 0 Å². The molecule has 1 amide bonds. The Kier molecular flexibility index (Phi) is 4.96. The molecule has 0 rings (SSSR count). The highest BCUT2D eigenvalue weighted by Gasteiger charge is 1.99. The molecule has 0 heterocycles. The summed E-state index contributed by atoms with van der Waals surface area (Å²) in [6, 6.07) is 0. The number of carbonyl (C=O) groups excluding carboxylic acids is 2. The van der Waals surface area contributed by atoms with E-state index in [4.69, 9.17) is 5.84 Å². The predicted molar refractivity (Wildman–Crippen MR) is 40.1 cm³/mol. The Morgan fingerprint density at radius 1 is 1.60 bits per heavy atom. The molecule has 0 fully saturated rings. The van der Waals surface area contributed by atoms with Crippen LogP contribution in [0.3, 0.4) is 0 Å². The molecule has 0 aliphatic carbocycles. The molecule has 0 radical (unpaired) electrons. The highest BCUT2D eigenvalue weighted by molar-refractivity contribution is 8.13. The molecule has 0 spiro atoms. The van der Waals surface area contributed by atoms with Crippen LogP contribution in [-0.2, 0) is 9.59 Å². The van der Waals surface area contributed by atoms with Gasteiger partial charge in [-0.2, -0.15) is 0 Å². The lowest BCUT2D eigenvalue weighted by Crippen LogP contribution is -2.30. The summed E-state index contributed by atoms with van der Waals surface area (Å²) in [4.78, 5) is 20.7. The van der Waals surface area contributed by atoms with Gasteiger partial charge in [0.1, 0.15) is 0 Å². The van der Waals surface area contributed by atoms with Crippen LogP contribution in [0.15, 0.2) is 0 Å². The van der Waals surface area contributed by atoms with Crippen molar-refractivity contribution in [2.24, 2.45) is 5.84 Å². The van der Waals surface area contributed by atoms with Crippen LogP contribution in [0.5, 0.6) is 0 Å². The van der Waals surface area contributed by atoms with E-state index in [2.05, 4.69) is 0 Å². The third-order valence-electron chi connectivity index (χ3n) is 0.795. The van der Waals surface area contributed by atoms with E-state index in [1.54, 1.807) is 0 Å². The number of nitrogens with two attached hydrogens (primary N) is 1. The molecule has 4 nitrogen and oxygen atoms in total. The second-order valence-corrected chi connectivity index (χ2v) is 2.93. The molecule has 0 bridgehead atoms. The normalized spacial score (nSPS) is 9.00. The molecule has 58 valence electrons. The fraction of sp³-hybridized carbons (Fsp3) is 0.600. The molecule has 5 heteroatoms. The average Bonchev–Trinajstić information content (AvgIpc) is 1.87. The lowest BCUT2D eigenvalue weighted by molar-refractivity contribution is -0.120. The van der Waals surface area contributed by atoms with Crippen molar-refractivity contribution in [2.45, 2.75) is 13.3 Å². The lowest BCUT2D eigenvalue weighted by Gasteiger charge is -1.95. The molecule has 0 saturated heterocycles. The topological polar surface area (TPSA) is 72.2 Å². The van der Waals surface area contributed by atoms with Crippen molar-refractivity contribution in [3.63, 3.8) is 0 Å². The first-order valence-electron chi connectivity index (χ1n) is 2.79. The monoisotopic (exact) mass is 162 g/mol. The maximum absolute atomic E-state index is 10.4. The van der Waals surface area contributed by atoms with Gasteiger partial charge in [-0.25, -0.2) is 5.84 Å². The summed E-state index contributed by atoms with van der Waals surface area (Å²) in [6.07, 6.45) is 0.292. The number of carbonyl (C=O) groups is 2. The summed E-state index contributed by atoms with van der Waals surface area (Å²) in [7, 11) is 0. The Balaban J connectivity index is 3.20. The summed E-state index contributed by atoms with van der Waals surface area (Å²) in [6.45, 7) is 1.46. The van der Waals surface area contributed by atoms with Crippen molar-refractivity contribution < 1.29 is 9.59 Å². The molecule has 0 aromatic rings. The molecular formula is C5H10N2O2S. The second-order valence-electron chi connectivity index (χ2n) is 1.66. The molecule has 0 unspecified atom stereocenters. The van der Waals surface area contributed by atoms with E-state index in [-0.39, 0.29) is 11.0 Å². The quantitative estimate of drug-likeness (QED) is 0.338. The van der Waals surface area contributed by atoms with Crippen molar-refractivity contribution in [3.05, 3.63) is 0 Å². The van der Waals surface area contributed by atoms with Gasteiger partial charge < -0.3 is 0 Å². The zero-order valence-electron chi connectivity index (χ0n) is 5.72. The highest BCUT2D eigenvalue weighted by Crippen LogP contribution is 2.01. The first-order valence-corrected chi connectivity index (χ1v) is 3.78. The van der Waals surface area contributed by atoms with E-state index in [9.17, 15) is 9.59 Å². The fourth-order valence-corrected chi connectivity index (χ4v) is 0.935. The van der Waals surface area contributed by atoms with E-state index in [0.717, 1.165) is 11.8 Å². The van der Waals surface area contributed by atoms with Gasteiger partial charge >= 0.3 is 0 Å². The van der Waals surface area contributed by atoms with Gasteiger partial charge in [-0.1, -0.05) is 11.8 Å². The van der Waals surface area contributed by atoms with Crippen molar-refractivity contribution in [3.8, 4) is 0 Å². The number of hydrazine groups is 1. The molecule has 0 aromatic carbocycles. The molecule has 0 aliphatic rings. The van der Waals surface area contributed by atoms with Gasteiger partial charge in [0.15, 0.2) is 5.12 Å². The van der Waals surface area contributed by atoms with Crippen molar-refractivity contribution >= 4 is 22.8 Å². The zero-order valence-corrected chi connectivity index (χ0v) is 6.53.